The van der Waals surface area contributed by atoms with Crippen LogP contribution in [0.25, 0.3) is 0 Å². The van der Waals surface area contributed by atoms with Gasteiger partial charge in [-0.1, -0.05) is 28.1 Å². The van der Waals surface area contributed by atoms with Gasteiger partial charge in [-0.05, 0) is 37.1 Å². The molecular formula is C15H13BrN2O3. The fourth-order valence-electron chi connectivity index (χ4n) is 1.84. The van der Waals surface area contributed by atoms with Crippen molar-refractivity contribution in [2.24, 2.45) is 0 Å². The number of rotatable bonds is 3. The molecule has 108 valence electrons. The first-order chi connectivity index (χ1) is 9.88. The second kappa shape index (κ2) is 6.05. The average molecular weight is 349 g/mol. The summed E-state index contributed by atoms with van der Waals surface area (Å²) < 4.78 is 0.885. The number of hydrogen-bond donors (Lipinski definition) is 1. The highest BCUT2D eigenvalue weighted by atomic mass is 79.9. The van der Waals surface area contributed by atoms with Crippen LogP contribution in [0.4, 0.5) is 11.4 Å². The molecule has 0 radical (unpaired) electrons. The van der Waals surface area contributed by atoms with Gasteiger partial charge in [0.05, 0.1) is 4.92 Å². The van der Waals surface area contributed by atoms with Gasteiger partial charge < -0.3 is 5.32 Å². The number of nitro benzene ring substituents is 1. The standard InChI is InChI=1S/C15H13BrN2O3/c1-9-4-6-12(18(20)21)8-13(9)15(19)17-11-5-3-10(2)14(16)7-11/h3-8H,1-2H3,(H,17,19). The lowest BCUT2D eigenvalue weighted by atomic mass is 10.1. The summed E-state index contributed by atoms with van der Waals surface area (Å²) in [5.74, 6) is -0.369. The van der Waals surface area contributed by atoms with Crippen LogP contribution in [0.2, 0.25) is 0 Å². The van der Waals surface area contributed by atoms with Crippen molar-refractivity contribution in [3.63, 3.8) is 0 Å². The molecule has 0 saturated carbocycles. The van der Waals surface area contributed by atoms with Gasteiger partial charge in [0.2, 0.25) is 0 Å². The maximum absolute atomic E-state index is 12.3. The lowest BCUT2D eigenvalue weighted by Gasteiger charge is -2.09. The molecule has 0 fully saturated rings. The van der Waals surface area contributed by atoms with E-state index in [1.807, 2.05) is 13.0 Å². The van der Waals surface area contributed by atoms with Crippen molar-refractivity contribution >= 4 is 33.2 Å². The SMILES string of the molecule is Cc1ccc(NC(=O)c2cc([N+](=O)[O-])ccc2C)cc1Br. The van der Waals surface area contributed by atoms with Gasteiger partial charge in [0.25, 0.3) is 11.6 Å². The van der Waals surface area contributed by atoms with Crippen LogP contribution < -0.4 is 5.32 Å². The van der Waals surface area contributed by atoms with Gasteiger partial charge in [-0.25, -0.2) is 0 Å². The first kappa shape index (κ1) is 15.2. The van der Waals surface area contributed by atoms with Crippen LogP contribution >= 0.6 is 15.9 Å². The number of carbonyl (C=O) groups is 1. The van der Waals surface area contributed by atoms with E-state index in [9.17, 15) is 14.9 Å². The first-order valence-corrected chi connectivity index (χ1v) is 7.00. The maximum Gasteiger partial charge on any atom is 0.270 e. The molecule has 21 heavy (non-hydrogen) atoms. The molecule has 0 aliphatic carbocycles. The highest BCUT2D eigenvalue weighted by Gasteiger charge is 2.15. The number of nitrogens with zero attached hydrogens (tertiary/aromatic N) is 1. The zero-order chi connectivity index (χ0) is 15.6. The molecule has 0 unspecified atom stereocenters. The minimum absolute atomic E-state index is 0.101. The molecule has 0 spiro atoms. The van der Waals surface area contributed by atoms with Crippen molar-refractivity contribution in [1.82, 2.24) is 0 Å². The molecule has 0 aromatic heterocycles. The van der Waals surface area contributed by atoms with E-state index in [-0.39, 0.29) is 11.6 Å². The Morgan fingerprint density at radius 1 is 1.14 bits per heavy atom. The van der Waals surface area contributed by atoms with E-state index in [0.29, 0.717) is 16.8 Å². The Kier molecular flexibility index (Phi) is 4.37. The third kappa shape index (κ3) is 3.46. The topological polar surface area (TPSA) is 72.2 Å². The highest BCUT2D eigenvalue weighted by molar-refractivity contribution is 9.10. The second-order valence-corrected chi connectivity index (χ2v) is 5.53. The molecule has 0 bridgehead atoms. The zero-order valence-corrected chi connectivity index (χ0v) is 13.1. The predicted molar refractivity (Wildman–Crippen MR) is 84.7 cm³/mol. The predicted octanol–water partition coefficient (Wildman–Crippen LogP) is 4.23. The smallest absolute Gasteiger partial charge is 0.270 e. The summed E-state index contributed by atoms with van der Waals surface area (Å²) in [6.45, 7) is 3.68. The molecule has 0 heterocycles. The number of aryl methyl sites for hydroxylation is 2. The van der Waals surface area contributed by atoms with Crippen LogP contribution in [0.5, 0.6) is 0 Å². The molecule has 0 saturated heterocycles. The normalized spacial score (nSPS) is 10.2. The number of carbonyl (C=O) groups excluding carboxylic acids is 1. The second-order valence-electron chi connectivity index (χ2n) is 4.67. The fourth-order valence-corrected chi connectivity index (χ4v) is 2.22. The lowest BCUT2D eigenvalue weighted by molar-refractivity contribution is -0.384. The van der Waals surface area contributed by atoms with E-state index in [0.717, 1.165) is 10.0 Å². The minimum Gasteiger partial charge on any atom is -0.322 e. The molecule has 2 rings (SSSR count). The van der Waals surface area contributed by atoms with Crippen LogP contribution in [-0.4, -0.2) is 10.8 Å². The molecule has 2 aromatic rings. The summed E-state index contributed by atoms with van der Waals surface area (Å²) in [7, 11) is 0. The van der Waals surface area contributed by atoms with E-state index in [1.54, 1.807) is 25.1 Å². The van der Waals surface area contributed by atoms with Gasteiger partial charge >= 0.3 is 0 Å². The third-order valence-electron chi connectivity index (χ3n) is 3.11. The van der Waals surface area contributed by atoms with Crippen LogP contribution in [0.1, 0.15) is 21.5 Å². The van der Waals surface area contributed by atoms with Gasteiger partial charge in [0.1, 0.15) is 0 Å². The summed E-state index contributed by atoms with van der Waals surface area (Å²) in [5, 5.41) is 13.5. The summed E-state index contributed by atoms with van der Waals surface area (Å²) in [6.07, 6.45) is 0. The van der Waals surface area contributed by atoms with Crippen molar-refractivity contribution in [3.8, 4) is 0 Å². The van der Waals surface area contributed by atoms with Crippen molar-refractivity contribution in [3.05, 3.63) is 67.7 Å². The summed E-state index contributed by atoms with van der Waals surface area (Å²) in [6, 6.07) is 9.69. The Balaban J connectivity index is 2.29. The summed E-state index contributed by atoms with van der Waals surface area (Å²) >= 11 is 3.40. The Hall–Kier alpha value is -2.21. The number of amides is 1. The minimum atomic E-state index is -0.515. The maximum atomic E-state index is 12.3. The van der Waals surface area contributed by atoms with Gasteiger partial charge in [-0.2, -0.15) is 0 Å². The van der Waals surface area contributed by atoms with Crippen molar-refractivity contribution in [2.45, 2.75) is 13.8 Å². The van der Waals surface area contributed by atoms with E-state index in [2.05, 4.69) is 21.2 Å². The number of benzene rings is 2. The molecule has 6 heteroatoms. The number of hydrogen-bond acceptors (Lipinski definition) is 3. The van der Waals surface area contributed by atoms with E-state index in [1.165, 1.54) is 12.1 Å². The lowest BCUT2D eigenvalue weighted by Crippen LogP contribution is -2.13. The van der Waals surface area contributed by atoms with E-state index in [4.69, 9.17) is 0 Å². The molecule has 0 aliphatic rings. The van der Waals surface area contributed by atoms with Crippen molar-refractivity contribution in [2.75, 3.05) is 5.32 Å². The summed E-state index contributed by atoms with van der Waals surface area (Å²) in [5.41, 5.74) is 2.56. The number of halogens is 1. The van der Waals surface area contributed by atoms with Gasteiger partial charge in [0.15, 0.2) is 0 Å². The van der Waals surface area contributed by atoms with E-state index < -0.39 is 4.92 Å². The zero-order valence-electron chi connectivity index (χ0n) is 11.5. The van der Waals surface area contributed by atoms with Crippen LogP contribution in [0.15, 0.2) is 40.9 Å². The molecular weight excluding hydrogens is 336 g/mol. The van der Waals surface area contributed by atoms with Crippen molar-refractivity contribution < 1.29 is 9.72 Å². The molecule has 1 amide bonds. The third-order valence-corrected chi connectivity index (χ3v) is 3.96. The molecule has 1 N–H and O–H groups in total. The Morgan fingerprint density at radius 2 is 1.81 bits per heavy atom. The highest BCUT2D eigenvalue weighted by Crippen LogP contribution is 2.22. The first-order valence-electron chi connectivity index (χ1n) is 6.21. The van der Waals surface area contributed by atoms with E-state index >= 15 is 0 Å². The quantitative estimate of drug-likeness (QED) is 0.666. The average Bonchev–Trinajstić information content (AvgIpc) is 2.43. The van der Waals surface area contributed by atoms with Crippen LogP contribution in [-0.2, 0) is 0 Å². The Bertz CT molecular complexity index is 729. The molecule has 0 atom stereocenters. The monoisotopic (exact) mass is 348 g/mol. The number of non-ortho nitro benzene ring substituents is 1. The van der Waals surface area contributed by atoms with Gasteiger partial charge in [0, 0.05) is 27.9 Å². The number of nitrogens with one attached hydrogen (secondary N) is 1. The molecule has 5 nitrogen and oxygen atoms in total. The Morgan fingerprint density at radius 3 is 2.43 bits per heavy atom. The molecule has 0 aliphatic heterocycles. The van der Waals surface area contributed by atoms with Crippen LogP contribution in [0, 0.1) is 24.0 Å². The van der Waals surface area contributed by atoms with Gasteiger partial charge in [-0.15, -0.1) is 0 Å². The number of nitro groups is 1. The largest absolute Gasteiger partial charge is 0.322 e. The Labute approximate surface area is 130 Å². The molecule has 2 aromatic carbocycles. The number of anilines is 1. The fraction of sp³-hybridized carbons (Fsp3) is 0.133. The van der Waals surface area contributed by atoms with Gasteiger partial charge in [-0.3, -0.25) is 14.9 Å². The summed E-state index contributed by atoms with van der Waals surface area (Å²) in [4.78, 5) is 22.5. The van der Waals surface area contributed by atoms with Crippen LogP contribution in [0.3, 0.4) is 0 Å². The van der Waals surface area contributed by atoms with Crippen molar-refractivity contribution in [1.29, 1.82) is 0 Å².